The number of carboxylic acids is 1. The molecule has 7 heteroatoms. The number of hydrogen-bond acceptors (Lipinski definition) is 5. The smallest absolute Gasteiger partial charge is 0.323 e. The zero-order valence-corrected chi connectivity index (χ0v) is 10.4. The molecule has 1 rings (SSSR count). The van der Waals surface area contributed by atoms with Gasteiger partial charge in [0.15, 0.2) is 0 Å². The van der Waals surface area contributed by atoms with E-state index < -0.39 is 5.97 Å². The summed E-state index contributed by atoms with van der Waals surface area (Å²) in [5.41, 5.74) is 5.93. The predicted molar refractivity (Wildman–Crippen MR) is 66.6 cm³/mol. The van der Waals surface area contributed by atoms with Crippen LogP contribution in [0.15, 0.2) is 17.0 Å². The van der Waals surface area contributed by atoms with Gasteiger partial charge in [-0.25, -0.2) is 0 Å². The Labute approximate surface area is 106 Å². The second-order valence-electron chi connectivity index (χ2n) is 4.15. The largest absolute Gasteiger partial charge is 0.480 e. The van der Waals surface area contributed by atoms with Crippen molar-refractivity contribution in [3.63, 3.8) is 0 Å². The zero-order valence-electron chi connectivity index (χ0n) is 10.4. The maximum absolute atomic E-state index is 12.0. The minimum absolute atomic E-state index is 0.0439. The number of allylic oxidation sites excluding steroid dienone is 1. The lowest BCUT2D eigenvalue weighted by Gasteiger charge is -2.24. The van der Waals surface area contributed by atoms with Gasteiger partial charge in [-0.3, -0.25) is 14.6 Å². The lowest BCUT2D eigenvalue weighted by atomic mass is 10.4. The summed E-state index contributed by atoms with van der Waals surface area (Å²) >= 11 is 0. The molecule has 0 radical (unpaired) electrons. The summed E-state index contributed by atoms with van der Waals surface area (Å²) in [6.07, 6.45) is 3.03. The van der Waals surface area contributed by atoms with Gasteiger partial charge in [-0.2, -0.15) is 5.10 Å². The fraction of sp³-hybridized carbons (Fsp3) is 0.545. The van der Waals surface area contributed by atoms with E-state index in [-0.39, 0.29) is 25.0 Å². The van der Waals surface area contributed by atoms with Crippen LogP contribution in [0.3, 0.4) is 0 Å². The van der Waals surface area contributed by atoms with E-state index in [0.29, 0.717) is 5.70 Å². The van der Waals surface area contributed by atoms with Crippen LogP contribution in [0.5, 0.6) is 0 Å². The Kier molecular flexibility index (Phi) is 4.70. The molecule has 0 saturated heterocycles. The highest BCUT2D eigenvalue weighted by atomic mass is 16.4. The lowest BCUT2D eigenvalue weighted by Crippen LogP contribution is -2.42. The molecule has 0 bridgehead atoms. The average molecular weight is 254 g/mol. The molecule has 7 nitrogen and oxygen atoms in total. The summed E-state index contributed by atoms with van der Waals surface area (Å²) in [6.45, 7) is 4.72. The van der Waals surface area contributed by atoms with E-state index in [9.17, 15) is 9.59 Å². The molecular formula is C11H18N4O3. The summed E-state index contributed by atoms with van der Waals surface area (Å²) < 4.78 is 0. The van der Waals surface area contributed by atoms with Gasteiger partial charge in [-0.05, 0) is 19.8 Å². The highest BCUT2D eigenvalue weighted by Gasteiger charge is 2.34. The number of carboxylic acid groups (broad SMARTS) is 1. The first-order valence-corrected chi connectivity index (χ1v) is 5.63. The van der Waals surface area contributed by atoms with Crippen molar-refractivity contribution in [2.75, 3.05) is 13.1 Å². The van der Waals surface area contributed by atoms with E-state index in [1.807, 2.05) is 0 Å². The zero-order chi connectivity index (χ0) is 13.7. The van der Waals surface area contributed by atoms with Crippen molar-refractivity contribution < 1.29 is 14.7 Å². The number of hydrazone groups is 1. The molecule has 0 aromatic heterocycles. The Morgan fingerprint density at radius 2 is 2.11 bits per heavy atom. The normalized spacial score (nSPS) is 15.1. The van der Waals surface area contributed by atoms with E-state index in [2.05, 4.69) is 11.8 Å². The topological polar surface area (TPSA) is 99.2 Å². The summed E-state index contributed by atoms with van der Waals surface area (Å²) in [6, 6.07) is 0.0439. The second-order valence-corrected chi connectivity index (χ2v) is 4.15. The quantitative estimate of drug-likeness (QED) is 0.484. The van der Waals surface area contributed by atoms with Gasteiger partial charge in [-0.15, -0.1) is 0 Å². The van der Waals surface area contributed by atoms with Gasteiger partial charge in [0.1, 0.15) is 13.1 Å². The molecule has 0 atom stereocenters. The molecule has 0 aromatic rings. The van der Waals surface area contributed by atoms with Gasteiger partial charge in [0, 0.05) is 24.7 Å². The van der Waals surface area contributed by atoms with Gasteiger partial charge in [0.05, 0.1) is 0 Å². The van der Waals surface area contributed by atoms with Crippen LogP contribution in [0.1, 0.15) is 19.8 Å². The first-order chi connectivity index (χ1) is 8.49. The van der Waals surface area contributed by atoms with Crippen LogP contribution in [0.4, 0.5) is 0 Å². The number of carbonyl (C=O) groups is 2. The fourth-order valence-corrected chi connectivity index (χ4v) is 1.54. The molecule has 0 unspecified atom stereocenters. The highest BCUT2D eigenvalue weighted by molar-refractivity contribution is 5.83. The number of nitrogens with two attached hydrogens (primary N) is 1. The maximum Gasteiger partial charge on any atom is 0.323 e. The molecule has 0 aliphatic heterocycles. The van der Waals surface area contributed by atoms with Crippen LogP contribution >= 0.6 is 0 Å². The molecule has 1 saturated carbocycles. The summed E-state index contributed by atoms with van der Waals surface area (Å²) in [5, 5.41) is 13.8. The maximum atomic E-state index is 12.0. The average Bonchev–Trinajstić information content (AvgIpc) is 3.15. The van der Waals surface area contributed by atoms with Crippen LogP contribution in [0.25, 0.3) is 0 Å². The molecule has 1 fully saturated rings. The number of nitrogens with zero attached hydrogens (tertiary/aromatic N) is 3. The summed E-state index contributed by atoms with van der Waals surface area (Å²) in [7, 11) is 0. The molecule has 0 aromatic carbocycles. The fourth-order valence-electron chi connectivity index (χ4n) is 1.54. The van der Waals surface area contributed by atoms with Crippen LogP contribution in [-0.2, 0) is 9.59 Å². The van der Waals surface area contributed by atoms with Crippen molar-refractivity contribution >= 4 is 18.6 Å². The first kappa shape index (κ1) is 14.0. The third-order valence-corrected chi connectivity index (χ3v) is 2.72. The molecule has 100 valence electrons. The molecule has 1 amide bonds. The van der Waals surface area contributed by atoms with Gasteiger partial charge in [-0.1, -0.05) is 0 Å². The molecule has 3 N–H and O–H groups in total. The van der Waals surface area contributed by atoms with Crippen LogP contribution < -0.4 is 5.73 Å². The van der Waals surface area contributed by atoms with Crippen molar-refractivity contribution in [2.24, 2.45) is 10.8 Å². The molecular weight excluding hydrogens is 236 g/mol. The predicted octanol–water partition coefficient (Wildman–Crippen LogP) is -0.200. The van der Waals surface area contributed by atoms with Crippen LogP contribution in [0.2, 0.25) is 0 Å². The Morgan fingerprint density at radius 3 is 2.50 bits per heavy atom. The van der Waals surface area contributed by atoms with Gasteiger partial charge in [0.25, 0.3) is 0 Å². The Morgan fingerprint density at radius 1 is 1.50 bits per heavy atom. The van der Waals surface area contributed by atoms with Gasteiger partial charge >= 0.3 is 5.97 Å². The minimum Gasteiger partial charge on any atom is -0.480 e. The summed E-state index contributed by atoms with van der Waals surface area (Å²) in [4.78, 5) is 24.1. The van der Waals surface area contributed by atoms with Crippen molar-refractivity contribution in [2.45, 2.75) is 25.8 Å². The highest BCUT2D eigenvalue weighted by Crippen LogP contribution is 2.26. The summed E-state index contributed by atoms with van der Waals surface area (Å²) in [5.74, 6) is -1.30. The van der Waals surface area contributed by atoms with Crippen molar-refractivity contribution in [1.29, 1.82) is 0 Å². The standard InChI is InChI=1S/C11H18N4O3/c1-8(5-12)15(13-2)6-10(16)14(7-11(17)18)9-3-4-9/h5,9H,2-4,6-7,12H2,1H3,(H,17,18)/b8-5+. The number of rotatable bonds is 7. The molecule has 1 aliphatic carbocycles. The molecule has 18 heavy (non-hydrogen) atoms. The Bertz CT molecular complexity index is 376. The Hall–Kier alpha value is -2.05. The molecule has 0 spiro atoms. The first-order valence-electron chi connectivity index (χ1n) is 5.63. The third-order valence-electron chi connectivity index (χ3n) is 2.72. The van der Waals surface area contributed by atoms with Crippen molar-refractivity contribution in [1.82, 2.24) is 9.91 Å². The van der Waals surface area contributed by atoms with E-state index >= 15 is 0 Å². The monoisotopic (exact) mass is 254 g/mol. The van der Waals surface area contributed by atoms with Crippen LogP contribution in [0, 0.1) is 0 Å². The SMILES string of the molecule is C=NN(CC(=O)N(CC(=O)O)C1CC1)/C(C)=C/N. The van der Waals surface area contributed by atoms with E-state index in [1.165, 1.54) is 16.1 Å². The minimum atomic E-state index is -1.01. The Balaban J connectivity index is 2.65. The second kappa shape index (κ2) is 6.04. The van der Waals surface area contributed by atoms with Gasteiger partial charge in [0.2, 0.25) is 5.91 Å². The van der Waals surface area contributed by atoms with E-state index in [1.54, 1.807) is 6.92 Å². The van der Waals surface area contributed by atoms with Crippen molar-refractivity contribution in [3.05, 3.63) is 11.9 Å². The number of aliphatic carboxylic acids is 1. The van der Waals surface area contributed by atoms with Crippen molar-refractivity contribution in [3.8, 4) is 0 Å². The van der Waals surface area contributed by atoms with E-state index in [0.717, 1.165) is 12.8 Å². The molecule has 0 heterocycles. The lowest BCUT2D eigenvalue weighted by molar-refractivity contribution is -0.145. The van der Waals surface area contributed by atoms with Crippen LogP contribution in [-0.4, -0.2) is 52.7 Å². The van der Waals surface area contributed by atoms with Gasteiger partial charge < -0.3 is 15.7 Å². The third kappa shape index (κ3) is 3.76. The number of carbonyl (C=O) groups excluding carboxylic acids is 1. The number of amides is 1. The molecule has 1 aliphatic rings. The van der Waals surface area contributed by atoms with E-state index in [4.69, 9.17) is 10.8 Å². The number of hydrogen-bond donors (Lipinski definition) is 2.